The van der Waals surface area contributed by atoms with Gasteiger partial charge in [-0.2, -0.15) is 0 Å². The first kappa shape index (κ1) is 20.8. The Bertz CT molecular complexity index is 926. The predicted molar refractivity (Wildman–Crippen MR) is 107 cm³/mol. The van der Waals surface area contributed by atoms with Gasteiger partial charge in [-0.1, -0.05) is 24.3 Å². The summed E-state index contributed by atoms with van der Waals surface area (Å²) in [6, 6.07) is 16.9. The van der Waals surface area contributed by atoms with Crippen LogP contribution in [0.4, 0.5) is 4.39 Å². The molecule has 1 N–H and O–H groups in total. The summed E-state index contributed by atoms with van der Waals surface area (Å²) in [6.45, 7) is 2.80. The molecule has 0 amide bonds. The average Bonchev–Trinajstić information content (AvgIpc) is 3.19. The highest BCUT2D eigenvalue weighted by molar-refractivity contribution is 5.94. The van der Waals surface area contributed by atoms with Crippen molar-refractivity contribution in [3.63, 3.8) is 0 Å². The van der Waals surface area contributed by atoms with Crippen molar-refractivity contribution in [1.29, 1.82) is 0 Å². The van der Waals surface area contributed by atoms with E-state index in [-0.39, 0.29) is 18.2 Å². The van der Waals surface area contributed by atoms with Gasteiger partial charge in [-0.25, -0.2) is 4.39 Å². The molecule has 1 aromatic heterocycles. The third kappa shape index (κ3) is 6.55. The molecule has 0 aliphatic heterocycles. The van der Waals surface area contributed by atoms with Crippen LogP contribution in [0.15, 0.2) is 71.3 Å². The lowest BCUT2D eigenvalue weighted by molar-refractivity contribution is 0.0604. The van der Waals surface area contributed by atoms with Crippen molar-refractivity contribution < 1.29 is 23.4 Å². The second-order valence-electron chi connectivity index (χ2n) is 6.93. The number of hydrogen-bond acceptors (Lipinski definition) is 5. The minimum Gasteiger partial charge on any atom is -0.491 e. The van der Waals surface area contributed by atoms with Gasteiger partial charge in [0.05, 0.1) is 12.8 Å². The SMILES string of the molecule is CC(=O)c1cccc(OCC(O)CN(Cc2cccc(F)c2)Cc2ccco2)c1. The monoisotopic (exact) mass is 397 g/mol. The minimum absolute atomic E-state index is 0.0456. The molecule has 0 aliphatic carbocycles. The van der Waals surface area contributed by atoms with Gasteiger partial charge in [-0.3, -0.25) is 9.69 Å². The molecule has 1 heterocycles. The largest absolute Gasteiger partial charge is 0.491 e. The van der Waals surface area contributed by atoms with E-state index in [1.807, 2.05) is 17.0 Å². The van der Waals surface area contributed by atoms with Crippen LogP contribution in [0.25, 0.3) is 0 Å². The lowest BCUT2D eigenvalue weighted by Crippen LogP contribution is -2.35. The molecule has 0 saturated carbocycles. The number of Topliss-reactive ketones (excluding diaryl/α,β-unsaturated/α-hetero) is 1. The number of halogens is 1. The van der Waals surface area contributed by atoms with E-state index < -0.39 is 6.10 Å². The Morgan fingerprint density at radius 2 is 1.97 bits per heavy atom. The van der Waals surface area contributed by atoms with Gasteiger partial charge in [0.1, 0.15) is 30.0 Å². The first-order valence-corrected chi connectivity index (χ1v) is 9.40. The second kappa shape index (κ2) is 10.0. The summed E-state index contributed by atoms with van der Waals surface area (Å²) in [6.07, 6.45) is 0.816. The zero-order valence-corrected chi connectivity index (χ0v) is 16.3. The second-order valence-corrected chi connectivity index (χ2v) is 6.93. The van der Waals surface area contributed by atoms with E-state index in [4.69, 9.17) is 9.15 Å². The van der Waals surface area contributed by atoms with Crippen LogP contribution >= 0.6 is 0 Å². The summed E-state index contributed by atoms with van der Waals surface area (Å²) in [5.74, 6) is 0.938. The van der Waals surface area contributed by atoms with Gasteiger partial charge in [0.15, 0.2) is 5.78 Å². The molecule has 0 aliphatic rings. The Balaban J connectivity index is 1.61. The topological polar surface area (TPSA) is 62.9 Å². The van der Waals surface area contributed by atoms with Gasteiger partial charge >= 0.3 is 0 Å². The van der Waals surface area contributed by atoms with E-state index in [0.717, 1.165) is 11.3 Å². The molecule has 29 heavy (non-hydrogen) atoms. The first-order valence-electron chi connectivity index (χ1n) is 9.40. The van der Waals surface area contributed by atoms with Crippen molar-refractivity contribution in [1.82, 2.24) is 4.90 Å². The Hall–Kier alpha value is -2.96. The molecular formula is C23H24FNO4. The molecule has 0 saturated heterocycles. The number of aliphatic hydroxyl groups is 1. The molecule has 1 unspecified atom stereocenters. The fourth-order valence-corrected chi connectivity index (χ4v) is 3.05. The van der Waals surface area contributed by atoms with Crippen LogP contribution in [0.1, 0.15) is 28.6 Å². The predicted octanol–water partition coefficient (Wildman–Crippen LogP) is 4.06. The van der Waals surface area contributed by atoms with E-state index in [9.17, 15) is 14.3 Å². The van der Waals surface area contributed by atoms with E-state index >= 15 is 0 Å². The van der Waals surface area contributed by atoms with Gasteiger partial charge in [0.2, 0.25) is 0 Å². The van der Waals surface area contributed by atoms with Crippen LogP contribution in [-0.4, -0.2) is 35.0 Å². The number of hydrogen-bond donors (Lipinski definition) is 1. The number of ether oxygens (including phenoxy) is 1. The van der Waals surface area contributed by atoms with Crippen LogP contribution in [0.5, 0.6) is 5.75 Å². The lowest BCUT2D eigenvalue weighted by atomic mass is 10.1. The number of aliphatic hydroxyl groups excluding tert-OH is 1. The molecule has 3 rings (SSSR count). The number of carbonyl (C=O) groups excluding carboxylic acids is 1. The van der Waals surface area contributed by atoms with Gasteiger partial charge < -0.3 is 14.3 Å². The number of nitrogens with zero attached hydrogens (tertiary/aromatic N) is 1. The zero-order valence-electron chi connectivity index (χ0n) is 16.3. The van der Waals surface area contributed by atoms with Crippen molar-refractivity contribution in [3.8, 4) is 5.75 Å². The summed E-state index contributed by atoms with van der Waals surface area (Å²) in [5.41, 5.74) is 1.36. The number of ketones is 1. The van der Waals surface area contributed by atoms with Gasteiger partial charge in [-0.15, -0.1) is 0 Å². The standard InChI is InChI=1S/C23H24FNO4/c1-17(26)19-6-3-8-22(12-19)29-16-21(27)14-25(15-23-9-4-10-28-23)13-18-5-2-7-20(24)11-18/h2-12,21,27H,13-16H2,1H3. The summed E-state index contributed by atoms with van der Waals surface area (Å²) < 4.78 is 24.6. The lowest BCUT2D eigenvalue weighted by Gasteiger charge is -2.24. The van der Waals surface area contributed by atoms with Crippen LogP contribution in [0.3, 0.4) is 0 Å². The van der Waals surface area contributed by atoms with E-state index in [2.05, 4.69) is 0 Å². The number of carbonyl (C=O) groups is 1. The molecule has 2 aromatic carbocycles. The molecule has 6 heteroatoms. The van der Waals surface area contributed by atoms with Gasteiger partial charge in [0, 0.05) is 18.7 Å². The van der Waals surface area contributed by atoms with E-state index in [1.165, 1.54) is 19.1 Å². The molecule has 5 nitrogen and oxygen atoms in total. The maximum Gasteiger partial charge on any atom is 0.159 e. The molecule has 3 aromatic rings. The molecule has 0 bridgehead atoms. The number of benzene rings is 2. The summed E-state index contributed by atoms with van der Waals surface area (Å²) in [4.78, 5) is 13.4. The Morgan fingerprint density at radius 1 is 1.14 bits per heavy atom. The van der Waals surface area contributed by atoms with Crippen molar-refractivity contribution in [2.45, 2.75) is 26.1 Å². The number of furan rings is 1. The first-order chi connectivity index (χ1) is 14.0. The molecule has 0 fully saturated rings. The highest BCUT2D eigenvalue weighted by Gasteiger charge is 2.15. The fourth-order valence-electron chi connectivity index (χ4n) is 3.05. The van der Waals surface area contributed by atoms with Crippen LogP contribution < -0.4 is 4.74 Å². The smallest absolute Gasteiger partial charge is 0.159 e. The summed E-state index contributed by atoms with van der Waals surface area (Å²) in [5, 5.41) is 10.5. The Labute approximate surface area is 169 Å². The van der Waals surface area contributed by atoms with Crippen LogP contribution in [0, 0.1) is 5.82 Å². The van der Waals surface area contributed by atoms with Crippen LogP contribution in [-0.2, 0) is 13.1 Å². The molecule has 1 atom stereocenters. The molecular weight excluding hydrogens is 373 g/mol. The Kier molecular flexibility index (Phi) is 7.16. The maximum atomic E-state index is 13.5. The summed E-state index contributed by atoms with van der Waals surface area (Å²) in [7, 11) is 0. The van der Waals surface area contributed by atoms with Gasteiger partial charge in [0.25, 0.3) is 0 Å². The van der Waals surface area contributed by atoms with Crippen molar-refractivity contribution >= 4 is 5.78 Å². The number of rotatable bonds is 10. The van der Waals surface area contributed by atoms with Crippen molar-refractivity contribution in [3.05, 3.63) is 89.6 Å². The van der Waals surface area contributed by atoms with E-state index in [0.29, 0.717) is 30.9 Å². The third-order valence-corrected chi connectivity index (χ3v) is 4.41. The Morgan fingerprint density at radius 3 is 2.69 bits per heavy atom. The highest BCUT2D eigenvalue weighted by atomic mass is 19.1. The van der Waals surface area contributed by atoms with Gasteiger partial charge in [-0.05, 0) is 48.9 Å². The summed E-state index contributed by atoms with van der Waals surface area (Å²) >= 11 is 0. The minimum atomic E-state index is -0.778. The highest BCUT2D eigenvalue weighted by Crippen LogP contribution is 2.16. The van der Waals surface area contributed by atoms with Crippen LogP contribution in [0.2, 0.25) is 0 Å². The van der Waals surface area contributed by atoms with E-state index in [1.54, 1.807) is 42.7 Å². The average molecular weight is 397 g/mol. The molecule has 152 valence electrons. The maximum absolute atomic E-state index is 13.5. The zero-order chi connectivity index (χ0) is 20.6. The fraction of sp³-hybridized carbons (Fsp3) is 0.261. The third-order valence-electron chi connectivity index (χ3n) is 4.41. The molecule has 0 spiro atoms. The van der Waals surface area contributed by atoms with Crippen molar-refractivity contribution in [2.75, 3.05) is 13.2 Å². The molecule has 0 radical (unpaired) electrons. The quantitative estimate of drug-likeness (QED) is 0.523. The van der Waals surface area contributed by atoms with Crippen molar-refractivity contribution in [2.24, 2.45) is 0 Å². The normalized spacial score (nSPS) is 12.1.